The lowest BCUT2D eigenvalue weighted by atomic mass is 10.1. The van der Waals surface area contributed by atoms with Gasteiger partial charge in [-0.05, 0) is 36.4 Å². The van der Waals surface area contributed by atoms with Crippen molar-refractivity contribution < 1.29 is 35.1 Å². The first kappa shape index (κ1) is 26.3. The predicted octanol–water partition coefficient (Wildman–Crippen LogP) is 7.43. The summed E-state index contributed by atoms with van der Waals surface area (Å²) >= 11 is 0. The highest BCUT2D eigenvalue weighted by Gasteiger charge is 2.37. The van der Waals surface area contributed by atoms with E-state index < -0.39 is 40.8 Å². The quantitative estimate of drug-likeness (QED) is 0.277. The van der Waals surface area contributed by atoms with E-state index in [4.69, 9.17) is 0 Å². The van der Waals surface area contributed by atoms with Crippen molar-refractivity contribution >= 4 is 29.1 Å². The fraction of sp³-hybridized carbons (Fsp3) is 0.174. The van der Waals surface area contributed by atoms with Crippen molar-refractivity contribution in [3.8, 4) is 0 Å². The molecule has 186 valence electrons. The Morgan fingerprint density at radius 1 is 0.800 bits per heavy atom. The average molecular weight is 522 g/mol. The van der Waals surface area contributed by atoms with Crippen molar-refractivity contribution in [2.75, 3.05) is 5.32 Å². The second-order valence-electron chi connectivity index (χ2n) is 7.49. The van der Waals surface area contributed by atoms with E-state index in [0.717, 1.165) is 6.07 Å². The maximum atomic E-state index is 14.2. The van der Waals surface area contributed by atoms with Crippen LogP contribution in [0.4, 0.5) is 40.8 Å². The summed E-state index contributed by atoms with van der Waals surface area (Å²) in [4.78, 5) is 4.37. The highest BCUT2D eigenvalue weighted by atomic mass is 35.5. The maximum Gasteiger partial charge on any atom is 0.416 e. The van der Waals surface area contributed by atoms with Gasteiger partial charge in [-0.2, -0.15) is 26.3 Å². The van der Waals surface area contributed by atoms with E-state index in [1.165, 1.54) is 6.07 Å². The van der Waals surface area contributed by atoms with E-state index in [0.29, 0.717) is 29.2 Å². The standard InChI is InChI=1S/C23H15F8N3.ClH/c24-16-6-5-13(18(25)10-16)12-34-20-4-2-1-3-19(20)33-21(34)11-32-17-8-14(22(26,27)28)7-15(9-17)23(29,30)31;/h1-10,32H,11-12H2;1H. The lowest BCUT2D eigenvalue weighted by Crippen LogP contribution is -2.14. The van der Waals surface area contributed by atoms with Crippen LogP contribution in [-0.2, 0) is 25.4 Å². The molecule has 1 aromatic heterocycles. The van der Waals surface area contributed by atoms with Gasteiger partial charge in [0.1, 0.15) is 17.5 Å². The molecule has 0 atom stereocenters. The van der Waals surface area contributed by atoms with Crippen LogP contribution < -0.4 is 5.32 Å². The van der Waals surface area contributed by atoms with Gasteiger partial charge in [-0.15, -0.1) is 12.4 Å². The number of fused-ring (bicyclic) bond motifs is 1. The zero-order chi connectivity index (χ0) is 24.7. The Morgan fingerprint density at radius 2 is 1.43 bits per heavy atom. The minimum Gasteiger partial charge on any atom is -0.378 e. The molecule has 0 aliphatic carbocycles. The van der Waals surface area contributed by atoms with Crippen molar-refractivity contribution in [3.63, 3.8) is 0 Å². The molecular weight excluding hydrogens is 506 g/mol. The number of benzene rings is 3. The molecule has 0 bridgehead atoms. The van der Waals surface area contributed by atoms with Gasteiger partial charge in [0.05, 0.1) is 35.2 Å². The van der Waals surface area contributed by atoms with Crippen LogP contribution in [0.1, 0.15) is 22.5 Å². The lowest BCUT2D eigenvalue weighted by molar-refractivity contribution is -0.143. The Hall–Kier alpha value is -3.34. The van der Waals surface area contributed by atoms with Crippen molar-refractivity contribution in [3.05, 3.63) is 94.8 Å². The average Bonchev–Trinajstić information content (AvgIpc) is 3.10. The van der Waals surface area contributed by atoms with Gasteiger partial charge in [0.25, 0.3) is 0 Å². The van der Waals surface area contributed by atoms with Gasteiger partial charge in [0.15, 0.2) is 0 Å². The van der Waals surface area contributed by atoms with Crippen LogP contribution in [-0.4, -0.2) is 9.55 Å². The van der Waals surface area contributed by atoms with Crippen LogP contribution in [0.3, 0.4) is 0 Å². The number of nitrogens with zero attached hydrogens (tertiary/aromatic N) is 2. The van der Waals surface area contributed by atoms with Crippen LogP contribution >= 0.6 is 12.4 Å². The third kappa shape index (κ3) is 5.84. The number of imidazole rings is 1. The monoisotopic (exact) mass is 521 g/mol. The summed E-state index contributed by atoms with van der Waals surface area (Å²) in [6.07, 6.45) is -9.96. The first-order valence-electron chi connectivity index (χ1n) is 9.83. The Labute approximate surface area is 199 Å². The second kappa shape index (κ2) is 9.73. The summed E-state index contributed by atoms with van der Waals surface area (Å²) in [5, 5.41) is 2.56. The number of hydrogen-bond donors (Lipinski definition) is 1. The lowest BCUT2D eigenvalue weighted by Gasteiger charge is -2.16. The van der Waals surface area contributed by atoms with Gasteiger partial charge in [-0.1, -0.05) is 18.2 Å². The van der Waals surface area contributed by atoms with Crippen molar-refractivity contribution in [1.82, 2.24) is 9.55 Å². The number of para-hydroxylation sites is 2. The molecule has 12 heteroatoms. The number of aromatic nitrogens is 2. The van der Waals surface area contributed by atoms with E-state index in [1.54, 1.807) is 28.8 Å². The maximum absolute atomic E-state index is 14.2. The van der Waals surface area contributed by atoms with Crippen LogP contribution in [0.15, 0.2) is 60.7 Å². The van der Waals surface area contributed by atoms with E-state index in [2.05, 4.69) is 10.3 Å². The van der Waals surface area contributed by atoms with Crippen molar-refractivity contribution in [1.29, 1.82) is 0 Å². The summed E-state index contributed by atoms with van der Waals surface area (Å²) in [6, 6.07) is 10.9. The topological polar surface area (TPSA) is 29.9 Å². The van der Waals surface area contributed by atoms with Crippen LogP contribution in [0.2, 0.25) is 0 Å². The highest BCUT2D eigenvalue weighted by Crippen LogP contribution is 2.37. The number of alkyl halides is 6. The zero-order valence-corrected chi connectivity index (χ0v) is 18.3. The number of anilines is 1. The molecule has 4 aromatic rings. The van der Waals surface area contributed by atoms with E-state index in [1.807, 2.05) is 0 Å². The predicted molar refractivity (Wildman–Crippen MR) is 116 cm³/mol. The molecule has 35 heavy (non-hydrogen) atoms. The molecule has 0 aliphatic rings. The number of hydrogen-bond acceptors (Lipinski definition) is 2. The summed E-state index contributed by atoms with van der Waals surface area (Å²) in [7, 11) is 0. The molecule has 0 spiro atoms. The van der Waals surface area contributed by atoms with E-state index in [-0.39, 0.29) is 43.0 Å². The first-order chi connectivity index (χ1) is 15.9. The molecule has 0 unspecified atom stereocenters. The van der Waals surface area contributed by atoms with Gasteiger partial charge in [-0.25, -0.2) is 13.8 Å². The Kier molecular flexibility index (Phi) is 7.30. The fourth-order valence-electron chi connectivity index (χ4n) is 3.50. The molecule has 0 saturated carbocycles. The SMILES string of the molecule is Cl.Fc1ccc(Cn2c(CNc3cc(C(F)(F)F)cc(C(F)(F)F)c3)nc3ccccc32)c(F)c1. The smallest absolute Gasteiger partial charge is 0.378 e. The summed E-state index contributed by atoms with van der Waals surface area (Å²) in [6.45, 7) is -0.337. The Bertz CT molecular complexity index is 1310. The third-order valence-corrected chi connectivity index (χ3v) is 5.12. The molecule has 3 nitrogen and oxygen atoms in total. The minimum absolute atomic E-state index is 0. The van der Waals surface area contributed by atoms with Gasteiger partial charge in [0.2, 0.25) is 0 Å². The minimum atomic E-state index is -4.98. The van der Waals surface area contributed by atoms with E-state index in [9.17, 15) is 35.1 Å². The highest BCUT2D eigenvalue weighted by molar-refractivity contribution is 5.85. The van der Waals surface area contributed by atoms with Gasteiger partial charge in [0, 0.05) is 17.3 Å². The molecule has 0 fully saturated rings. The molecule has 0 saturated heterocycles. The fourth-order valence-corrected chi connectivity index (χ4v) is 3.50. The number of rotatable bonds is 5. The first-order valence-corrected chi connectivity index (χ1v) is 9.83. The van der Waals surface area contributed by atoms with Crippen LogP contribution in [0.5, 0.6) is 0 Å². The normalized spacial score (nSPS) is 12.0. The summed E-state index contributed by atoms with van der Waals surface area (Å²) < 4.78 is 108. The molecule has 0 amide bonds. The third-order valence-electron chi connectivity index (χ3n) is 5.12. The largest absolute Gasteiger partial charge is 0.416 e. The van der Waals surface area contributed by atoms with Crippen molar-refractivity contribution in [2.24, 2.45) is 0 Å². The van der Waals surface area contributed by atoms with Crippen LogP contribution in [0, 0.1) is 11.6 Å². The van der Waals surface area contributed by atoms with Gasteiger partial charge in [-0.3, -0.25) is 0 Å². The molecular formula is C23H16ClF8N3. The number of nitrogens with one attached hydrogen (secondary N) is 1. The van der Waals surface area contributed by atoms with E-state index >= 15 is 0 Å². The van der Waals surface area contributed by atoms with Crippen molar-refractivity contribution in [2.45, 2.75) is 25.4 Å². The molecule has 3 aromatic carbocycles. The number of halogens is 9. The van der Waals surface area contributed by atoms with Gasteiger partial charge >= 0.3 is 12.4 Å². The van der Waals surface area contributed by atoms with Crippen LogP contribution in [0.25, 0.3) is 11.0 Å². The second-order valence-corrected chi connectivity index (χ2v) is 7.49. The molecule has 1 heterocycles. The Morgan fingerprint density at radius 3 is 2.03 bits per heavy atom. The molecule has 4 rings (SSSR count). The van der Waals surface area contributed by atoms with Gasteiger partial charge < -0.3 is 9.88 Å². The Balaban J connectivity index is 0.00000342. The summed E-state index contributed by atoms with van der Waals surface area (Å²) in [5.74, 6) is -1.33. The summed E-state index contributed by atoms with van der Waals surface area (Å²) in [5.41, 5.74) is -2.14. The molecule has 0 aliphatic heterocycles. The zero-order valence-electron chi connectivity index (χ0n) is 17.5. The molecule has 1 N–H and O–H groups in total. The molecule has 0 radical (unpaired) electrons.